The lowest BCUT2D eigenvalue weighted by molar-refractivity contribution is 0.0945. The van der Waals surface area contributed by atoms with Gasteiger partial charge in [0.05, 0.1) is 26.5 Å². The number of pyridine rings is 1. The topological polar surface area (TPSA) is 98.3 Å². The van der Waals surface area contributed by atoms with Gasteiger partial charge in [-0.15, -0.1) is 0 Å². The normalized spacial score (nSPS) is 10.3. The Morgan fingerprint density at radius 1 is 1.00 bits per heavy atom. The number of hydrogen-bond acceptors (Lipinski definition) is 7. The minimum Gasteiger partial charge on any atom is -0.493 e. The van der Waals surface area contributed by atoms with Crippen LogP contribution in [0.15, 0.2) is 55.0 Å². The van der Waals surface area contributed by atoms with E-state index in [4.69, 9.17) is 9.47 Å². The molecule has 0 spiro atoms. The summed E-state index contributed by atoms with van der Waals surface area (Å²) in [4.78, 5) is 24.7. The summed E-state index contributed by atoms with van der Waals surface area (Å²) in [5.74, 6) is 1.70. The third kappa shape index (κ3) is 5.65. The van der Waals surface area contributed by atoms with Crippen molar-refractivity contribution < 1.29 is 14.3 Å². The molecule has 0 saturated carbocycles. The molecule has 0 atom stereocenters. The van der Waals surface area contributed by atoms with Crippen molar-refractivity contribution in [3.63, 3.8) is 0 Å². The number of ether oxygens (including phenoxy) is 2. The summed E-state index contributed by atoms with van der Waals surface area (Å²) >= 11 is 0. The van der Waals surface area contributed by atoms with Crippen LogP contribution in [-0.4, -0.2) is 41.6 Å². The molecule has 29 heavy (non-hydrogen) atoms. The molecule has 8 nitrogen and oxygen atoms in total. The Balaban J connectivity index is 1.54. The van der Waals surface area contributed by atoms with Gasteiger partial charge >= 0.3 is 0 Å². The predicted octanol–water partition coefficient (Wildman–Crippen LogP) is 2.47. The number of nitrogens with one attached hydrogen (secondary N) is 2. The van der Waals surface area contributed by atoms with Crippen LogP contribution in [0.5, 0.6) is 11.5 Å². The molecule has 0 aliphatic rings. The van der Waals surface area contributed by atoms with Gasteiger partial charge < -0.3 is 20.1 Å². The standard InChI is InChI=1S/C21H23N5O3/c1-28-18-7-6-15(11-19(18)29-2)8-10-23-20-12-17(25-14-26-20)21(27)24-13-16-5-3-4-9-22-16/h3-7,9,11-12,14H,8,10,13H2,1-2H3,(H,24,27)(H,23,25,26). The van der Waals surface area contributed by atoms with Gasteiger partial charge in [-0.05, 0) is 36.2 Å². The summed E-state index contributed by atoms with van der Waals surface area (Å²) in [6.07, 6.45) is 3.81. The molecule has 3 aromatic rings. The Labute approximate surface area is 169 Å². The van der Waals surface area contributed by atoms with Gasteiger partial charge in [-0.1, -0.05) is 12.1 Å². The number of hydrogen-bond donors (Lipinski definition) is 2. The molecular formula is C21H23N5O3. The lowest BCUT2D eigenvalue weighted by Crippen LogP contribution is -2.24. The van der Waals surface area contributed by atoms with Crippen LogP contribution >= 0.6 is 0 Å². The maximum Gasteiger partial charge on any atom is 0.270 e. The van der Waals surface area contributed by atoms with Gasteiger partial charge in [-0.25, -0.2) is 9.97 Å². The fourth-order valence-electron chi connectivity index (χ4n) is 2.71. The van der Waals surface area contributed by atoms with Crippen molar-refractivity contribution in [2.75, 3.05) is 26.1 Å². The van der Waals surface area contributed by atoms with E-state index in [1.807, 2.05) is 36.4 Å². The Morgan fingerprint density at radius 3 is 2.62 bits per heavy atom. The van der Waals surface area contributed by atoms with E-state index in [9.17, 15) is 4.79 Å². The van der Waals surface area contributed by atoms with Gasteiger partial charge in [0.1, 0.15) is 17.8 Å². The van der Waals surface area contributed by atoms with Crippen LogP contribution in [-0.2, 0) is 13.0 Å². The highest BCUT2D eigenvalue weighted by Gasteiger charge is 2.09. The second kappa shape index (κ2) is 10.0. The first kappa shape index (κ1) is 20.1. The monoisotopic (exact) mass is 393 g/mol. The first-order chi connectivity index (χ1) is 14.2. The minimum atomic E-state index is -0.277. The highest BCUT2D eigenvalue weighted by molar-refractivity contribution is 5.92. The van der Waals surface area contributed by atoms with E-state index < -0.39 is 0 Å². The fraction of sp³-hybridized carbons (Fsp3) is 0.238. The molecule has 0 saturated heterocycles. The molecule has 150 valence electrons. The molecule has 2 heterocycles. The van der Waals surface area contributed by atoms with Crippen molar-refractivity contribution >= 4 is 11.7 Å². The van der Waals surface area contributed by atoms with Crippen molar-refractivity contribution in [1.29, 1.82) is 0 Å². The van der Waals surface area contributed by atoms with E-state index >= 15 is 0 Å². The Morgan fingerprint density at radius 2 is 1.86 bits per heavy atom. The van der Waals surface area contributed by atoms with E-state index in [0.717, 1.165) is 17.7 Å². The molecule has 0 fully saturated rings. The molecule has 0 unspecified atom stereocenters. The summed E-state index contributed by atoms with van der Waals surface area (Å²) in [6.45, 7) is 0.979. The van der Waals surface area contributed by atoms with Crippen LogP contribution in [0.3, 0.4) is 0 Å². The Bertz CT molecular complexity index is 950. The van der Waals surface area contributed by atoms with Crippen molar-refractivity contribution in [3.05, 3.63) is 71.9 Å². The van der Waals surface area contributed by atoms with Crippen LogP contribution in [0.25, 0.3) is 0 Å². The molecule has 0 radical (unpaired) electrons. The van der Waals surface area contributed by atoms with Gasteiger partial charge in [0.2, 0.25) is 0 Å². The highest BCUT2D eigenvalue weighted by atomic mass is 16.5. The smallest absolute Gasteiger partial charge is 0.270 e. The number of anilines is 1. The number of rotatable bonds is 9. The zero-order valence-corrected chi connectivity index (χ0v) is 16.4. The number of aromatic nitrogens is 3. The summed E-state index contributed by atoms with van der Waals surface area (Å²) in [5.41, 5.74) is 2.17. The van der Waals surface area contributed by atoms with Crippen LogP contribution in [0.1, 0.15) is 21.7 Å². The zero-order valence-electron chi connectivity index (χ0n) is 16.4. The van der Waals surface area contributed by atoms with Crippen molar-refractivity contribution in [3.8, 4) is 11.5 Å². The van der Waals surface area contributed by atoms with Crippen LogP contribution in [0.4, 0.5) is 5.82 Å². The Kier molecular flexibility index (Phi) is 6.94. The quantitative estimate of drug-likeness (QED) is 0.576. The van der Waals surface area contributed by atoms with E-state index in [1.54, 1.807) is 26.5 Å². The first-order valence-electron chi connectivity index (χ1n) is 9.14. The number of nitrogens with zero attached hydrogens (tertiary/aromatic N) is 3. The van der Waals surface area contributed by atoms with E-state index in [2.05, 4.69) is 25.6 Å². The fourth-order valence-corrected chi connectivity index (χ4v) is 2.71. The maximum atomic E-state index is 12.3. The van der Waals surface area contributed by atoms with Gasteiger partial charge in [-0.3, -0.25) is 9.78 Å². The average molecular weight is 393 g/mol. The predicted molar refractivity (Wildman–Crippen MR) is 109 cm³/mol. The molecule has 0 aliphatic carbocycles. The lowest BCUT2D eigenvalue weighted by atomic mass is 10.1. The molecule has 0 bridgehead atoms. The van der Waals surface area contributed by atoms with E-state index in [1.165, 1.54) is 6.33 Å². The minimum absolute atomic E-state index is 0.277. The number of methoxy groups -OCH3 is 2. The maximum absolute atomic E-state index is 12.3. The number of benzene rings is 1. The summed E-state index contributed by atoms with van der Waals surface area (Å²) in [6, 6.07) is 13.0. The van der Waals surface area contributed by atoms with Gasteiger partial charge in [0, 0.05) is 18.8 Å². The van der Waals surface area contributed by atoms with Crippen molar-refractivity contribution in [1.82, 2.24) is 20.3 Å². The van der Waals surface area contributed by atoms with E-state index in [-0.39, 0.29) is 5.91 Å². The summed E-state index contributed by atoms with van der Waals surface area (Å²) in [7, 11) is 3.22. The Hall–Kier alpha value is -3.68. The third-order valence-corrected chi connectivity index (χ3v) is 4.22. The first-order valence-corrected chi connectivity index (χ1v) is 9.14. The number of amides is 1. The molecule has 1 aromatic carbocycles. The SMILES string of the molecule is COc1ccc(CCNc2cc(C(=O)NCc3ccccn3)ncn2)cc1OC. The van der Waals surface area contributed by atoms with E-state index in [0.29, 0.717) is 36.1 Å². The second-order valence-electron chi connectivity index (χ2n) is 6.16. The zero-order chi connectivity index (χ0) is 20.5. The highest BCUT2D eigenvalue weighted by Crippen LogP contribution is 2.27. The summed E-state index contributed by atoms with van der Waals surface area (Å²) < 4.78 is 10.6. The van der Waals surface area contributed by atoms with Crippen LogP contribution in [0, 0.1) is 0 Å². The van der Waals surface area contributed by atoms with Crippen molar-refractivity contribution in [2.24, 2.45) is 0 Å². The van der Waals surface area contributed by atoms with Gasteiger partial charge in [0.15, 0.2) is 11.5 Å². The van der Waals surface area contributed by atoms with Crippen LogP contribution in [0.2, 0.25) is 0 Å². The molecular weight excluding hydrogens is 370 g/mol. The molecule has 0 aliphatic heterocycles. The molecule has 8 heteroatoms. The number of carbonyl (C=O) groups is 1. The van der Waals surface area contributed by atoms with Crippen LogP contribution < -0.4 is 20.1 Å². The molecule has 3 rings (SSSR count). The third-order valence-electron chi connectivity index (χ3n) is 4.22. The summed E-state index contributed by atoms with van der Waals surface area (Å²) in [5, 5.41) is 6.02. The molecule has 2 N–H and O–H groups in total. The van der Waals surface area contributed by atoms with Gasteiger partial charge in [-0.2, -0.15) is 0 Å². The molecule has 1 amide bonds. The average Bonchev–Trinajstić information content (AvgIpc) is 2.78. The lowest BCUT2D eigenvalue weighted by Gasteiger charge is -2.10. The van der Waals surface area contributed by atoms with Crippen molar-refractivity contribution in [2.45, 2.75) is 13.0 Å². The largest absolute Gasteiger partial charge is 0.493 e. The number of carbonyl (C=O) groups excluding carboxylic acids is 1. The molecule has 2 aromatic heterocycles. The van der Waals surface area contributed by atoms with Gasteiger partial charge in [0.25, 0.3) is 5.91 Å². The second-order valence-corrected chi connectivity index (χ2v) is 6.16.